The van der Waals surface area contributed by atoms with E-state index in [4.69, 9.17) is 9.84 Å². The minimum Gasteiger partial charge on any atom is -0.490 e. The summed E-state index contributed by atoms with van der Waals surface area (Å²) in [5, 5.41) is 11.8. The molecule has 0 spiro atoms. The Morgan fingerprint density at radius 2 is 2.15 bits per heavy atom. The van der Waals surface area contributed by atoms with Crippen molar-refractivity contribution in [1.29, 1.82) is 0 Å². The maximum absolute atomic E-state index is 11.9. The average Bonchev–Trinajstić information content (AvgIpc) is 2.49. The molecule has 1 atom stereocenters. The van der Waals surface area contributed by atoms with Crippen LogP contribution in [0.4, 0.5) is 0 Å². The van der Waals surface area contributed by atoms with Crippen LogP contribution in [0.1, 0.15) is 30.1 Å². The van der Waals surface area contributed by atoms with Crippen LogP contribution >= 0.6 is 0 Å². The highest BCUT2D eigenvalue weighted by Gasteiger charge is 2.05. The molecule has 1 aromatic rings. The summed E-state index contributed by atoms with van der Waals surface area (Å²) >= 11 is 0. The fraction of sp³-hybridized carbons (Fsp3) is 0.438. The molecule has 110 valence electrons. The normalized spacial score (nSPS) is 11.7. The minimum atomic E-state index is -0.0862. The second-order valence-electron chi connectivity index (χ2n) is 4.81. The Hall–Kier alpha value is -1.81. The molecule has 0 aromatic heterocycles. The first-order chi connectivity index (χ1) is 9.67. The van der Waals surface area contributed by atoms with Gasteiger partial charge in [-0.1, -0.05) is 19.6 Å². The van der Waals surface area contributed by atoms with Crippen LogP contribution in [0.15, 0.2) is 36.9 Å². The number of aliphatic hydroxyl groups is 1. The van der Waals surface area contributed by atoms with Gasteiger partial charge in [0, 0.05) is 18.7 Å². The van der Waals surface area contributed by atoms with Gasteiger partial charge in [0.2, 0.25) is 0 Å². The molecule has 20 heavy (non-hydrogen) atoms. The van der Waals surface area contributed by atoms with E-state index < -0.39 is 0 Å². The number of carbonyl (C=O) groups is 1. The fourth-order valence-electron chi connectivity index (χ4n) is 1.70. The molecule has 0 fully saturated rings. The van der Waals surface area contributed by atoms with Crippen molar-refractivity contribution in [2.24, 2.45) is 5.92 Å². The van der Waals surface area contributed by atoms with E-state index in [9.17, 15) is 4.79 Å². The van der Waals surface area contributed by atoms with Crippen molar-refractivity contribution >= 4 is 5.91 Å². The molecule has 0 radical (unpaired) electrons. The summed E-state index contributed by atoms with van der Waals surface area (Å²) in [6.07, 6.45) is 3.45. The molecule has 1 aromatic carbocycles. The lowest BCUT2D eigenvalue weighted by atomic mass is 10.1. The Balaban J connectivity index is 2.34. The van der Waals surface area contributed by atoms with Gasteiger partial charge in [0.05, 0.1) is 0 Å². The highest BCUT2D eigenvalue weighted by atomic mass is 16.5. The van der Waals surface area contributed by atoms with Crippen molar-refractivity contribution in [1.82, 2.24) is 5.32 Å². The number of hydrogen-bond acceptors (Lipinski definition) is 3. The van der Waals surface area contributed by atoms with Crippen molar-refractivity contribution in [2.45, 2.75) is 19.8 Å². The third-order valence-electron chi connectivity index (χ3n) is 2.96. The molecule has 1 rings (SSSR count). The van der Waals surface area contributed by atoms with E-state index in [-0.39, 0.29) is 18.4 Å². The van der Waals surface area contributed by atoms with Crippen LogP contribution in [-0.2, 0) is 0 Å². The van der Waals surface area contributed by atoms with Crippen LogP contribution in [0, 0.1) is 5.92 Å². The Morgan fingerprint density at radius 1 is 1.45 bits per heavy atom. The minimum absolute atomic E-state index is 0.0862. The second kappa shape index (κ2) is 9.15. The zero-order chi connectivity index (χ0) is 14.8. The van der Waals surface area contributed by atoms with Crippen LogP contribution in [0.3, 0.4) is 0 Å². The van der Waals surface area contributed by atoms with E-state index in [0.717, 1.165) is 18.6 Å². The topological polar surface area (TPSA) is 58.6 Å². The molecule has 2 N–H and O–H groups in total. The quantitative estimate of drug-likeness (QED) is 0.538. The van der Waals surface area contributed by atoms with Crippen molar-refractivity contribution in [3.05, 3.63) is 42.5 Å². The van der Waals surface area contributed by atoms with Crippen LogP contribution in [-0.4, -0.2) is 30.8 Å². The third kappa shape index (κ3) is 5.89. The van der Waals surface area contributed by atoms with Gasteiger partial charge in [-0.05, 0) is 43.0 Å². The predicted octanol–water partition coefficient (Wildman–Crippen LogP) is 2.39. The zero-order valence-corrected chi connectivity index (χ0v) is 12.0. The van der Waals surface area contributed by atoms with Crippen LogP contribution < -0.4 is 10.1 Å². The molecule has 1 unspecified atom stereocenters. The van der Waals surface area contributed by atoms with Crippen molar-refractivity contribution < 1.29 is 14.6 Å². The van der Waals surface area contributed by atoms with Gasteiger partial charge in [0.1, 0.15) is 12.4 Å². The maximum atomic E-state index is 11.9. The second-order valence-corrected chi connectivity index (χ2v) is 4.81. The SMILES string of the molecule is C=CCOc1ccc(C(=O)NCCCC(C)CO)cc1. The number of ether oxygens (including phenoxy) is 1. The molecular weight excluding hydrogens is 254 g/mol. The lowest BCUT2D eigenvalue weighted by Crippen LogP contribution is -2.24. The third-order valence-corrected chi connectivity index (χ3v) is 2.96. The van der Waals surface area contributed by atoms with Gasteiger partial charge in [-0.3, -0.25) is 4.79 Å². The summed E-state index contributed by atoms with van der Waals surface area (Å²) in [6, 6.07) is 7.02. The summed E-state index contributed by atoms with van der Waals surface area (Å²) < 4.78 is 5.35. The first kappa shape index (κ1) is 16.2. The van der Waals surface area contributed by atoms with Gasteiger partial charge in [0.15, 0.2) is 0 Å². The monoisotopic (exact) mass is 277 g/mol. The van der Waals surface area contributed by atoms with Crippen molar-refractivity contribution in [2.75, 3.05) is 19.8 Å². The molecule has 0 aliphatic carbocycles. The lowest BCUT2D eigenvalue weighted by Gasteiger charge is -2.09. The number of carbonyl (C=O) groups excluding carboxylic acids is 1. The number of amides is 1. The Morgan fingerprint density at radius 3 is 2.75 bits per heavy atom. The Bertz CT molecular complexity index is 414. The van der Waals surface area contributed by atoms with Gasteiger partial charge >= 0.3 is 0 Å². The Labute approximate surface area is 120 Å². The molecule has 0 aliphatic heterocycles. The van der Waals surface area contributed by atoms with Crippen molar-refractivity contribution in [3.8, 4) is 5.75 Å². The maximum Gasteiger partial charge on any atom is 0.251 e. The highest BCUT2D eigenvalue weighted by Crippen LogP contribution is 2.12. The number of benzene rings is 1. The molecule has 0 bridgehead atoms. The van der Waals surface area contributed by atoms with E-state index in [1.807, 2.05) is 6.92 Å². The summed E-state index contributed by atoms with van der Waals surface area (Å²) in [7, 11) is 0. The standard InChI is InChI=1S/C16H23NO3/c1-3-11-20-15-8-6-14(7-9-15)16(19)17-10-4-5-13(2)12-18/h3,6-9,13,18H,1,4-5,10-12H2,2H3,(H,17,19). The van der Waals surface area contributed by atoms with E-state index in [0.29, 0.717) is 18.7 Å². The first-order valence-corrected chi connectivity index (χ1v) is 6.90. The van der Waals surface area contributed by atoms with Crippen molar-refractivity contribution in [3.63, 3.8) is 0 Å². The fourth-order valence-corrected chi connectivity index (χ4v) is 1.70. The summed E-state index contributed by atoms with van der Waals surface area (Å²) in [5.74, 6) is 0.920. The van der Waals surface area contributed by atoms with Gasteiger partial charge in [-0.15, -0.1) is 0 Å². The number of nitrogens with one attached hydrogen (secondary N) is 1. The molecule has 0 saturated heterocycles. The highest BCUT2D eigenvalue weighted by molar-refractivity contribution is 5.94. The molecule has 0 saturated carbocycles. The molecule has 1 amide bonds. The predicted molar refractivity (Wildman–Crippen MR) is 80.0 cm³/mol. The zero-order valence-electron chi connectivity index (χ0n) is 12.0. The first-order valence-electron chi connectivity index (χ1n) is 6.90. The molecular formula is C16H23NO3. The number of hydrogen-bond donors (Lipinski definition) is 2. The van der Waals surface area contributed by atoms with E-state index in [2.05, 4.69) is 11.9 Å². The number of rotatable bonds is 9. The van der Waals surface area contributed by atoms with Gasteiger partial charge < -0.3 is 15.2 Å². The number of aliphatic hydroxyl groups excluding tert-OH is 1. The van der Waals surface area contributed by atoms with Gasteiger partial charge in [-0.2, -0.15) is 0 Å². The van der Waals surface area contributed by atoms with Crippen LogP contribution in [0.5, 0.6) is 5.75 Å². The molecule has 0 aliphatic rings. The summed E-state index contributed by atoms with van der Waals surface area (Å²) in [4.78, 5) is 11.9. The van der Waals surface area contributed by atoms with Gasteiger partial charge in [-0.25, -0.2) is 0 Å². The molecule has 4 heteroatoms. The summed E-state index contributed by atoms with van der Waals surface area (Å²) in [5.41, 5.74) is 0.617. The van der Waals surface area contributed by atoms with Crippen LogP contribution in [0.2, 0.25) is 0 Å². The van der Waals surface area contributed by atoms with Crippen LogP contribution in [0.25, 0.3) is 0 Å². The largest absolute Gasteiger partial charge is 0.490 e. The van der Waals surface area contributed by atoms with E-state index in [1.165, 1.54) is 0 Å². The summed E-state index contributed by atoms with van der Waals surface area (Å²) in [6.45, 7) is 6.84. The Kier molecular flexibility index (Phi) is 7.43. The average molecular weight is 277 g/mol. The molecule has 0 heterocycles. The molecule has 4 nitrogen and oxygen atoms in total. The van der Waals surface area contributed by atoms with E-state index >= 15 is 0 Å². The lowest BCUT2D eigenvalue weighted by molar-refractivity contribution is 0.0952. The van der Waals surface area contributed by atoms with E-state index in [1.54, 1.807) is 30.3 Å². The van der Waals surface area contributed by atoms with Gasteiger partial charge in [0.25, 0.3) is 5.91 Å². The smallest absolute Gasteiger partial charge is 0.251 e.